The quantitative estimate of drug-likeness (QED) is 0.768. The van der Waals surface area contributed by atoms with E-state index in [2.05, 4.69) is 36.9 Å². The number of aryl methyl sites for hydroxylation is 2. The Morgan fingerprint density at radius 3 is 2.88 bits per heavy atom. The van der Waals surface area contributed by atoms with E-state index in [-0.39, 0.29) is 0 Å². The van der Waals surface area contributed by atoms with E-state index in [0.29, 0.717) is 11.9 Å². The predicted octanol–water partition coefficient (Wildman–Crippen LogP) is 2.74. The van der Waals surface area contributed by atoms with Crippen molar-refractivity contribution in [3.8, 4) is 0 Å². The fraction of sp³-hybridized carbons (Fsp3) is 0.571. The normalized spacial score (nSPS) is 21.7. The molecule has 1 aliphatic heterocycles. The highest BCUT2D eigenvalue weighted by atomic mass is 35.5. The van der Waals surface area contributed by atoms with Crippen LogP contribution in [0.25, 0.3) is 0 Å². The smallest absolute Gasteiger partial charge is 0.0634 e. The zero-order chi connectivity index (χ0) is 12.3. The van der Waals surface area contributed by atoms with E-state index in [1.807, 2.05) is 0 Å². The molecule has 1 aliphatic rings. The van der Waals surface area contributed by atoms with Gasteiger partial charge in [0, 0.05) is 25.0 Å². The van der Waals surface area contributed by atoms with Gasteiger partial charge in [-0.2, -0.15) is 0 Å². The molecule has 2 rings (SSSR count). The van der Waals surface area contributed by atoms with E-state index in [1.165, 1.54) is 16.7 Å². The van der Waals surface area contributed by atoms with Crippen molar-refractivity contribution in [2.24, 2.45) is 0 Å². The molecule has 1 aromatic carbocycles. The molecule has 0 radical (unpaired) electrons. The summed E-state index contributed by atoms with van der Waals surface area (Å²) in [4.78, 5) is 2.42. The number of rotatable bonds is 3. The zero-order valence-corrected chi connectivity index (χ0v) is 11.3. The second-order valence-corrected chi connectivity index (χ2v) is 5.08. The van der Waals surface area contributed by atoms with Crippen molar-refractivity contribution in [3.63, 3.8) is 0 Å². The minimum absolute atomic E-state index is 0.354. The molecule has 0 spiro atoms. The van der Waals surface area contributed by atoms with Gasteiger partial charge >= 0.3 is 0 Å². The molecule has 94 valence electrons. The number of nitrogens with zero attached hydrogens (tertiary/aromatic N) is 1. The standard InChI is InChI=1S/C14H20ClNO/c1-11-3-4-13(7-12(11)2)9-16-5-6-17-10-14(16)8-15/h3-4,7,14H,5-6,8-10H2,1-2H3. The van der Waals surface area contributed by atoms with Gasteiger partial charge in [-0.1, -0.05) is 18.2 Å². The SMILES string of the molecule is Cc1ccc(CN2CCOCC2CCl)cc1C. The molecule has 1 heterocycles. The Balaban J connectivity index is 2.05. The molecule has 1 fully saturated rings. The first-order chi connectivity index (χ1) is 8.20. The van der Waals surface area contributed by atoms with Gasteiger partial charge in [-0.25, -0.2) is 0 Å². The maximum Gasteiger partial charge on any atom is 0.0634 e. The summed E-state index contributed by atoms with van der Waals surface area (Å²) in [7, 11) is 0. The fourth-order valence-corrected chi connectivity index (χ4v) is 2.46. The number of benzene rings is 1. The molecule has 0 aromatic heterocycles. The van der Waals surface area contributed by atoms with Crippen molar-refractivity contribution in [2.45, 2.75) is 26.4 Å². The molecule has 1 unspecified atom stereocenters. The van der Waals surface area contributed by atoms with Crippen molar-refractivity contribution >= 4 is 11.6 Å². The lowest BCUT2D eigenvalue weighted by Gasteiger charge is -2.34. The van der Waals surface area contributed by atoms with Crippen LogP contribution in [0.15, 0.2) is 18.2 Å². The van der Waals surface area contributed by atoms with E-state index < -0.39 is 0 Å². The number of morpholine rings is 1. The van der Waals surface area contributed by atoms with Crippen LogP contribution in [0.2, 0.25) is 0 Å². The van der Waals surface area contributed by atoms with Crippen molar-refractivity contribution in [1.29, 1.82) is 0 Å². The van der Waals surface area contributed by atoms with Gasteiger partial charge in [0.1, 0.15) is 0 Å². The molecule has 0 N–H and O–H groups in total. The van der Waals surface area contributed by atoms with Crippen LogP contribution >= 0.6 is 11.6 Å². The first kappa shape index (κ1) is 12.9. The number of hydrogen-bond donors (Lipinski definition) is 0. The van der Waals surface area contributed by atoms with E-state index in [9.17, 15) is 0 Å². The lowest BCUT2D eigenvalue weighted by molar-refractivity contribution is -0.00304. The third-order valence-electron chi connectivity index (χ3n) is 3.48. The first-order valence-corrected chi connectivity index (χ1v) is 6.68. The van der Waals surface area contributed by atoms with Gasteiger partial charge in [0.15, 0.2) is 0 Å². The summed E-state index contributed by atoms with van der Waals surface area (Å²) < 4.78 is 5.46. The van der Waals surface area contributed by atoms with Gasteiger partial charge in [0.05, 0.1) is 13.2 Å². The summed E-state index contributed by atoms with van der Waals surface area (Å²) in [5, 5.41) is 0. The molecule has 3 heteroatoms. The van der Waals surface area contributed by atoms with Crippen molar-refractivity contribution in [1.82, 2.24) is 4.90 Å². The fourth-order valence-electron chi connectivity index (χ4n) is 2.18. The summed E-state index contributed by atoms with van der Waals surface area (Å²) in [6.07, 6.45) is 0. The highest BCUT2D eigenvalue weighted by Gasteiger charge is 2.21. The van der Waals surface area contributed by atoms with E-state index in [0.717, 1.165) is 26.3 Å². The first-order valence-electron chi connectivity index (χ1n) is 6.14. The lowest BCUT2D eigenvalue weighted by atomic mass is 10.1. The molecule has 2 nitrogen and oxygen atoms in total. The van der Waals surface area contributed by atoms with Gasteiger partial charge in [-0.05, 0) is 30.5 Å². The monoisotopic (exact) mass is 253 g/mol. The Morgan fingerprint density at radius 1 is 1.35 bits per heavy atom. The highest BCUT2D eigenvalue weighted by Crippen LogP contribution is 2.16. The second-order valence-electron chi connectivity index (χ2n) is 4.77. The van der Waals surface area contributed by atoms with Crippen LogP contribution in [0, 0.1) is 13.8 Å². The highest BCUT2D eigenvalue weighted by molar-refractivity contribution is 6.18. The third kappa shape index (κ3) is 3.21. The summed E-state index contributed by atoms with van der Waals surface area (Å²) in [5.74, 6) is 0.644. The zero-order valence-electron chi connectivity index (χ0n) is 10.6. The van der Waals surface area contributed by atoms with Gasteiger partial charge < -0.3 is 4.74 Å². The van der Waals surface area contributed by atoms with Crippen molar-refractivity contribution in [3.05, 3.63) is 34.9 Å². The van der Waals surface area contributed by atoms with Gasteiger partial charge in [-0.15, -0.1) is 11.6 Å². The average Bonchev–Trinajstić information content (AvgIpc) is 2.34. The van der Waals surface area contributed by atoms with Crippen molar-refractivity contribution in [2.75, 3.05) is 25.6 Å². The average molecular weight is 254 g/mol. The summed E-state index contributed by atoms with van der Waals surface area (Å²) in [6.45, 7) is 7.84. The molecule has 1 atom stereocenters. The molecule has 0 saturated carbocycles. The molecular weight excluding hydrogens is 234 g/mol. The van der Waals surface area contributed by atoms with E-state index in [4.69, 9.17) is 16.3 Å². The van der Waals surface area contributed by atoms with Crippen LogP contribution in [0.1, 0.15) is 16.7 Å². The van der Waals surface area contributed by atoms with Crippen LogP contribution in [0.3, 0.4) is 0 Å². The number of alkyl halides is 1. The Morgan fingerprint density at radius 2 is 2.18 bits per heavy atom. The molecule has 0 amide bonds. The number of halogens is 1. The van der Waals surface area contributed by atoms with Crippen LogP contribution in [0.4, 0.5) is 0 Å². The molecular formula is C14H20ClNO. The summed E-state index contributed by atoms with van der Waals surface area (Å²) in [6, 6.07) is 7.03. The predicted molar refractivity (Wildman–Crippen MR) is 71.7 cm³/mol. The minimum atomic E-state index is 0.354. The minimum Gasteiger partial charge on any atom is -0.378 e. The molecule has 0 aliphatic carbocycles. The molecule has 1 aromatic rings. The Labute approximate surface area is 109 Å². The Hall–Kier alpha value is -0.570. The Bertz CT molecular complexity index is 380. The summed E-state index contributed by atoms with van der Waals surface area (Å²) in [5.41, 5.74) is 4.08. The third-order valence-corrected chi connectivity index (χ3v) is 3.84. The van der Waals surface area contributed by atoms with E-state index in [1.54, 1.807) is 0 Å². The second kappa shape index (κ2) is 5.85. The van der Waals surface area contributed by atoms with E-state index >= 15 is 0 Å². The summed E-state index contributed by atoms with van der Waals surface area (Å²) >= 11 is 5.98. The molecule has 1 saturated heterocycles. The topological polar surface area (TPSA) is 12.5 Å². The number of ether oxygens (including phenoxy) is 1. The lowest BCUT2D eigenvalue weighted by Crippen LogP contribution is -2.45. The van der Waals surface area contributed by atoms with Crippen LogP contribution in [-0.2, 0) is 11.3 Å². The maximum atomic E-state index is 5.98. The van der Waals surface area contributed by atoms with Gasteiger partial charge in [0.25, 0.3) is 0 Å². The van der Waals surface area contributed by atoms with Gasteiger partial charge in [0.2, 0.25) is 0 Å². The van der Waals surface area contributed by atoms with Crippen LogP contribution in [-0.4, -0.2) is 36.6 Å². The molecule has 17 heavy (non-hydrogen) atoms. The maximum absolute atomic E-state index is 5.98. The van der Waals surface area contributed by atoms with Gasteiger partial charge in [-0.3, -0.25) is 4.90 Å². The van der Waals surface area contributed by atoms with Crippen molar-refractivity contribution < 1.29 is 4.74 Å². The number of hydrogen-bond acceptors (Lipinski definition) is 2. The Kier molecular flexibility index (Phi) is 4.43. The largest absolute Gasteiger partial charge is 0.378 e. The van der Waals surface area contributed by atoms with Crippen LogP contribution < -0.4 is 0 Å². The molecule has 0 bridgehead atoms. The van der Waals surface area contributed by atoms with Crippen LogP contribution in [0.5, 0.6) is 0 Å².